The molecule has 0 saturated carbocycles. The zero-order valence-electron chi connectivity index (χ0n) is 15.1. The minimum absolute atomic E-state index is 0.123. The molecule has 0 spiro atoms. The number of nitrogens with zero attached hydrogens (tertiary/aromatic N) is 3. The Bertz CT molecular complexity index is 1080. The van der Waals surface area contributed by atoms with Crippen molar-refractivity contribution < 1.29 is 9.59 Å². The second kappa shape index (κ2) is 7.99. The first-order chi connectivity index (χ1) is 14.1. The molecule has 0 fully saturated rings. The maximum absolute atomic E-state index is 12.4. The van der Waals surface area contributed by atoms with Crippen molar-refractivity contribution in [2.24, 2.45) is 10.2 Å². The number of nitrogens with one attached hydrogen (secondary N) is 2. The number of carbonyl (C=O) groups excluding carboxylic acids is 2. The third kappa shape index (κ3) is 4.02. The van der Waals surface area contributed by atoms with Crippen molar-refractivity contribution in [3.05, 3.63) is 90.0 Å². The molecule has 0 atom stereocenters. The van der Waals surface area contributed by atoms with Gasteiger partial charge in [0.15, 0.2) is 5.11 Å². The van der Waals surface area contributed by atoms with Crippen LogP contribution in [0.1, 0.15) is 20.7 Å². The van der Waals surface area contributed by atoms with E-state index < -0.39 is 11.8 Å². The molecule has 2 amide bonds. The molecular weight excluding hydrogens is 386 g/mol. The lowest BCUT2D eigenvalue weighted by atomic mass is 10.1. The van der Waals surface area contributed by atoms with Crippen LogP contribution in [0, 0.1) is 0 Å². The second-order valence-electron chi connectivity index (χ2n) is 6.14. The van der Waals surface area contributed by atoms with Crippen LogP contribution in [0.5, 0.6) is 0 Å². The van der Waals surface area contributed by atoms with Crippen molar-refractivity contribution in [2.75, 3.05) is 5.32 Å². The Hall–Kier alpha value is -3.91. The van der Waals surface area contributed by atoms with Crippen molar-refractivity contribution in [1.82, 2.24) is 10.4 Å². The summed E-state index contributed by atoms with van der Waals surface area (Å²) >= 11 is 5.23. The molecule has 1 aliphatic rings. The first-order valence-electron chi connectivity index (χ1n) is 8.74. The van der Waals surface area contributed by atoms with Gasteiger partial charge in [-0.1, -0.05) is 30.3 Å². The molecule has 29 heavy (non-hydrogen) atoms. The van der Waals surface area contributed by atoms with E-state index in [1.807, 2.05) is 30.3 Å². The number of azo groups is 1. The highest BCUT2D eigenvalue weighted by Gasteiger charge is 2.35. The Morgan fingerprint density at radius 1 is 0.724 bits per heavy atom. The Kier molecular flexibility index (Phi) is 5.08. The van der Waals surface area contributed by atoms with Gasteiger partial charge in [0.2, 0.25) is 0 Å². The maximum atomic E-state index is 12.4. The number of hydrogen-bond donors (Lipinski definition) is 2. The summed E-state index contributed by atoms with van der Waals surface area (Å²) in [7, 11) is 0. The highest BCUT2D eigenvalue weighted by atomic mass is 32.1. The fourth-order valence-electron chi connectivity index (χ4n) is 2.77. The van der Waals surface area contributed by atoms with Gasteiger partial charge in [0.25, 0.3) is 11.8 Å². The topological polar surface area (TPSA) is 86.2 Å². The number of fused-ring (bicyclic) bond motifs is 1. The molecule has 1 heterocycles. The third-order valence-electron chi connectivity index (χ3n) is 4.17. The van der Waals surface area contributed by atoms with Gasteiger partial charge in [-0.25, -0.2) is 0 Å². The molecule has 2 N–H and O–H groups in total. The molecule has 3 aromatic carbocycles. The molecule has 0 saturated heterocycles. The van der Waals surface area contributed by atoms with E-state index in [0.717, 1.165) is 10.7 Å². The average molecular weight is 401 g/mol. The number of benzene rings is 3. The Morgan fingerprint density at radius 2 is 1.24 bits per heavy atom. The van der Waals surface area contributed by atoms with Crippen molar-refractivity contribution >= 4 is 46.2 Å². The monoisotopic (exact) mass is 401 g/mol. The van der Waals surface area contributed by atoms with Crippen LogP contribution in [0.3, 0.4) is 0 Å². The summed E-state index contributed by atoms with van der Waals surface area (Å²) in [6.07, 6.45) is 0. The highest BCUT2D eigenvalue weighted by molar-refractivity contribution is 7.80. The van der Waals surface area contributed by atoms with Crippen LogP contribution in [0.4, 0.5) is 17.1 Å². The van der Waals surface area contributed by atoms with Crippen LogP contribution >= 0.6 is 12.2 Å². The molecule has 3 aromatic rings. The van der Waals surface area contributed by atoms with Crippen LogP contribution in [-0.4, -0.2) is 21.9 Å². The Balaban J connectivity index is 1.37. The minimum atomic E-state index is -0.438. The number of anilines is 1. The van der Waals surface area contributed by atoms with Gasteiger partial charge in [0, 0.05) is 5.69 Å². The Morgan fingerprint density at radius 3 is 1.83 bits per heavy atom. The van der Waals surface area contributed by atoms with Crippen LogP contribution < -0.4 is 10.7 Å². The van der Waals surface area contributed by atoms with Crippen molar-refractivity contribution in [3.8, 4) is 0 Å². The average Bonchev–Trinajstić information content (AvgIpc) is 2.99. The molecule has 0 aromatic heterocycles. The molecule has 0 aliphatic carbocycles. The lowest BCUT2D eigenvalue weighted by Gasteiger charge is -2.17. The predicted molar refractivity (Wildman–Crippen MR) is 113 cm³/mol. The Labute approximate surface area is 172 Å². The van der Waals surface area contributed by atoms with Gasteiger partial charge in [-0.3, -0.25) is 15.0 Å². The van der Waals surface area contributed by atoms with Crippen molar-refractivity contribution in [1.29, 1.82) is 0 Å². The lowest BCUT2D eigenvalue weighted by molar-refractivity contribution is 0.0613. The van der Waals surface area contributed by atoms with E-state index in [1.165, 1.54) is 0 Å². The van der Waals surface area contributed by atoms with Gasteiger partial charge in [-0.15, -0.1) is 0 Å². The number of amides is 2. The standard InChI is InChI=1S/C21H15N5O2S/c27-19-17-8-4-5-9-18(17)20(28)26(19)25-21(29)22-14-10-12-16(13-11-14)24-23-15-6-2-1-3-7-15/h1-13H,(H2,22,25,29). The first-order valence-corrected chi connectivity index (χ1v) is 9.15. The summed E-state index contributed by atoms with van der Waals surface area (Å²) in [5, 5.41) is 12.3. The third-order valence-corrected chi connectivity index (χ3v) is 4.36. The molecule has 4 rings (SSSR count). The summed E-state index contributed by atoms with van der Waals surface area (Å²) < 4.78 is 0. The van der Waals surface area contributed by atoms with E-state index in [9.17, 15) is 9.59 Å². The molecule has 1 aliphatic heterocycles. The van der Waals surface area contributed by atoms with Crippen LogP contribution in [0.25, 0.3) is 0 Å². The van der Waals surface area contributed by atoms with E-state index in [-0.39, 0.29) is 5.11 Å². The second-order valence-corrected chi connectivity index (χ2v) is 6.55. The fraction of sp³-hybridized carbons (Fsp3) is 0. The number of thiocarbonyl (C=S) groups is 1. The van der Waals surface area contributed by atoms with E-state index in [4.69, 9.17) is 12.2 Å². The summed E-state index contributed by atoms with van der Waals surface area (Å²) in [5.41, 5.74) is 5.47. The molecule has 8 heteroatoms. The SMILES string of the molecule is O=C1c2ccccc2C(=O)N1NC(=S)Nc1ccc(N=Nc2ccccc2)cc1. The molecule has 0 bridgehead atoms. The summed E-state index contributed by atoms with van der Waals surface area (Å²) in [6, 6.07) is 23.2. The molecule has 7 nitrogen and oxygen atoms in total. The van der Waals surface area contributed by atoms with Gasteiger partial charge < -0.3 is 5.32 Å². The maximum Gasteiger partial charge on any atom is 0.280 e. The smallest absolute Gasteiger partial charge is 0.280 e. The normalized spacial score (nSPS) is 12.9. The van der Waals surface area contributed by atoms with Crippen molar-refractivity contribution in [2.45, 2.75) is 0 Å². The van der Waals surface area contributed by atoms with Gasteiger partial charge in [0.1, 0.15) is 0 Å². The fourth-order valence-corrected chi connectivity index (χ4v) is 2.98. The van der Waals surface area contributed by atoms with E-state index >= 15 is 0 Å². The zero-order chi connectivity index (χ0) is 20.2. The number of imide groups is 1. The molecule has 0 unspecified atom stereocenters. The summed E-state index contributed by atoms with van der Waals surface area (Å²) in [4.78, 5) is 24.7. The molecular formula is C21H15N5O2S. The van der Waals surface area contributed by atoms with E-state index in [2.05, 4.69) is 21.0 Å². The largest absolute Gasteiger partial charge is 0.331 e. The van der Waals surface area contributed by atoms with Gasteiger partial charge in [0.05, 0.1) is 22.5 Å². The number of hydrazine groups is 1. The van der Waals surface area contributed by atoms with Crippen LogP contribution in [0.2, 0.25) is 0 Å². The zero-order valence-corrected chi connectivity index (χ0v) is 15.9. The summed E-state index contributed by atoms with van der Waals surface area (Å²) in [5.74, 6) is -0.877. The quantitative estimate of drug-likeness (QED) is 0.379. The van der Waals surface area contributed by atoms with Gasteiger partial charge in [-0.05, 0) is 60.7 Å². The number of rotatable bonds is 4. The number of carbonyl (C=O) groups is 2. The van der Waals surface area contributed by atoms with Gasteiger partial charge in [-0.2, -0.15) is 15.2 Å². The molecule has 0 radical (unpaired) electrons. The lowest BCUT2D eigenvalue weighted by Crippen LogP contribution is -2.47. The minimum Gasteiger partial charge on any atom is -0.331 e. The number of hydrogen-bond acceptors (Lipinski definition) is 5. The summed E-state index contributed by atoms with van der Waals surface area (Å²) in [6.45, 7) is 0. The van der Waals surface area contributed by atoms with E-state index in [1.54, 1.807) is 48.5 Å². The highest BCUT2D eigenvalue weighted by Crippen LogP contribution is 2.22. The van der Waals surface area contributed by atoms with Crippen molar-refractivity contribution in [3.63, 3.8) is 0 Å². The first kappa shape index (κ1) is 18.5. The van der Waals surface area contributed by atoms with Crippen LogP contribution in [-0.2, 0) is 0 Å². The van der Waals surface area contributed by atoms with Gasteiger partial charge >= 0.3 is 0 Å². The van der Waals surface area contributed by atoms with E-state index in [0.29, 0.717) is 22.5 Å². The predicted octanol–water partition coefficient (Wildman–Crippen LogP) is 4.60. The molecule has 142 valence electrons. The van der Waals surface area contributed by atoms with Crippen LogP contribution in [0.15, 0.2) is 89.1 Å².